The highest BCUT2D eigenvalue weighted by molar-refractivity contribution is 7.09. The van der Waals surface area contributed by atoms with E-state index in [1.54, 1.807) is 23.9 Å². The first kappa shape index (κ1) is 9.15. The summed E-state index contributed by atoms with van der Waals surface area (Å²) >= 11 is 1.79. The third-order valence-electron chi connectivity index (χ3n) is 1.84. The van der Waals surface area contributed by atoms with Gasteiger partial charge in [0.05, 0.1) is 0 Å². The van der Waals surface area contributed by atoms with Crippen molar-refractivity contribution in [1.29, 1.82) is 0 Å². The molecule has 0 aliphatic carbocycles. The molecule has 0 atom stereocenters. The molecule has 72 valence electrons. The van der Waals surface area contributed by atoms with Crippen LogP contribution >= 0.6 is 11.3 Å². The molecule has 14 heavy (non-hydrogen) atoms. The van der Waals surface area contributed by atoms with Crippen molar-refractivity contribution in [2.45, 2.75) is 6.42 Å². The van der Waals surface area contributed by atoms with Crippen LogP contribution in [0.5, 0.6) is 0 Å². The fraction of sp³-hybridized carbons (Fsp3) is 0.200. The summed E-state index contributed by atoms with van der Waals surface area (Å²) in [7, 11) is 0. The summed E-state index contributed by atoms with van der Waals surface area (Å²) < 4.78 is 0. The van der Waals surface area contributed by atoms with Crippen LogP contribution in [-0.2, 0) is 6.42 Å². The number of hydrogen-bond acceptors (Lipinski definition) is 4. The summed E-state index contributed by atoms with van der Waals surface area (Å²) in [5, 5.41) is 5.34. The quantitative estimate of drug-likeness (QED) is 0.831. The first-order chi connectivity index (χ1) is 6.95. The largest absolute Gasteiger partial charge is 0.370 e. The average molecular weight is 205 g/mol. The van der Waals surface area contributed by atoms with Crippen LogP contribution in [0.2, 0.25) is 0 Å². The lowest BCUT2D eigenvalue weighted by molar-refractivity contribution is 1.02. The number of nitrogens with one attached hydrogen (secondary N) is 1. The maximum absolute atomic E-state index is 4.08. The van der Waals surface area contributed by atoms with E-state index in [1.165, 1.54) is 4.88 Å². The Labute approximate surface area is 86.8 Å². The summed E-state index contributed by atoms with van der Waals surface area (Å²) in [6.45, 7) is 0.914. The number of nitrogens with zero attached hydrogens (tertiary/aromatic N) is 2. The Morgan fingerprint density at radius 3 is 3.07 bits per heavy atom. The summed E-state index contributed by atoms with van der Waals surface area (Å²) in [5.41, 5.74) is 0. The van der Waals surface area contributed by atoms with Gasteiger partial charge in [-0.1, -0.05) is 6.07 Å². The van der Waals surface area contributed by atoms with Gasteiger partial charge in [0, 0.05) is 17.6 Å². The molecule has 2 heterocycles. The minimum atomic E-state index is 0.886. The molecule has 0 saturated heterocycles. The van der Waals surface area contributed by atoms with Crippen molar-refractivity contribution in [2.24, 2.45) is 0 Å². The second-order valence-electron chi connectivity index (χ2n) is 2.85. The van der Waals surface area contributed by atoms with Crippen LogP contribution in [0, 0.1) is 0 Å². The molecule has 0 spiro atoms. The van der Waals surface area contributed by atoms with Gasteiger partial charge < -0.3 is 5.32 Å². The van der Waals surface area contributed by atoms with Gasteiger partial charge in [-0.25, -0.2) is 9.97 Å². The lowest BCUT2D eigenvalue weighted by atomic mass is 10.3. The summed E-state index contributed by atoms with van der Waals surface area (Å²) in [6, 6.07) is 6.09. The molecular weight excluding hydrogens is 194 g/mol. The molecule has 0 fully saturated rings. The lowest BCUT2D eigenvalue weighted by Gasteiger charge is -2.02. The number of hydrogen-bond donors (Lipinski definition) is 1. The second kappa shape index (κ2) is 4.72. The van der Waals surface area contributed by atoms with Gasteiger partial charge in [-0.3, -0.25) is 0 Å². The van der Waals surface area contributed by atoms with Gasteiger partial charge in [0.15, 0.2) is 0 Å². The van der Waals surface area contributed by atoms with Crippen LogP contribution in [0.3, 0.4) is 0 Å². The van der Waals surface area contributed by atoms with E-state index in [1.807, 2.05) is 6.07 Å². The molecule has 2 aromatic heterocycles. The van der Waals surface area contributed by atoms with Crippen LogP contribution in [-0.4, -0.2) is 16.5 Å². The van der Waals surface area contributed by atoms with E-state index in [0.29, 0.717) is 0 Å². The molecule has 0 bridgehead atoms. The van der Waals surface area contributed by atoms with Gasteiger partial charge in [0.25, 0.3) is 0 Å². The van der Waals surface area contributed by atoms with Gasteiger partial charge in [-0.05, 0) is 23.9 Å². The van der Waals surface area contributed by atoms with E-state index < -0.39 is 0 Å². The molecule has 0 radical (unpaired) electrons. The number of thiophene rings is 1. The highest BCUT2D eigenvalue weighted by Crippen LogP contribution is 2.09. The van der Waals surface area contributed by atoms with Gasteiger partial charge in [-0.2, -0.15) is 0 Å². The molecule has 0 aliphatic heterocycles. The lowest BCUT2D eigenvalue weighted by Crippen LogP contribution is -2.05. The van der Waals surface area contributed by atoms with Gasteiger partial charge in [0.2, 0.25) is 0 Å². The summed E-state index contributed by atoms with van der Waals surface area (Å²) in [5.74, 6) is 0.886. The molecular formula is C10H11N3S. The third kappa shape index (κ3) is 2.53. The van der Waals surface area contributed by atoms with Crippen LogP contribution < -0.4 is 5.32 Å². The molecule has 1 N–H and O–H groups in total. The third-order valence-corrected chi connectivity index (χ3v) is 2.78. The standard InChI is InChI=1S/C10H11N3S/c1-2-9(14-7-1)3-6-12-10-4-5-11-8-13-10/h1-2,4-5,7-8H,3,6H2,(H,11,12,13). The van der Waals surface area contributed by atoms with Crippen molar-refractivity contribution in [3.63, 3.8) is 0 Å². The minimum Gasteiger partial charge on any atom is -0.370 e. The Morgan fingerprint density at radius 1 is 1.36 bits per heavy atom. The Kier molecular flexibility index (Phi) is 3.08. The Hall–Kier alpha value is -1.42. The normalized spacial score (nSPS) is 10.0. The molecule has 0 amide bonds. The van der Waals surface area contributed by atoms with E-state index in [2.05, 4.69) is 32.8 Å². The predicted molar refractivity (Wildman–Crippen MR) is 58.5 cm³/mol. The zero-order valence-corrected chi connectivity index (χ0v) is 8.50. The molecule has 2 rings (SSSR count). The van der Waals surface area contributed by atoms with Crippen LogP contribution in [0.25, 0.3) is 0 Å². The van der Waals surface area contributed by atoms with Gasteiger partial charge in [-0.15, -0.1) is 11.3 Å². The first-order valence-electron chi connectivity index (χ1n) is 4.47. The SMILES string of the molecule is c1csc(CCNc2ccncn2)c1. The Morgan fingerprint density at radius 2 is 2.36 bits per heavy atom. The molecule has 2 aromatic rings. The van der Waals surface area contributed by atoms with Crippen LogP contribution in [0.4, 0.5) is 5.82 Å². The molecule has 0 aromatic carbocycles. The van der Waals surface area contributed by atoms with Crippen LogP contribution in [0.1, 0.15) is 4.88 Å². The first-order valence-corrected chi connectivity index (χ1v) is 5.35. The van der Waals surface area contributed by atoms with Crippen LogP contribution in [0.15, 0.2) is 36.1 Å². The maximum atomic E-state index is 4.08. The molecule has 3 nitrogen and oxygen atoms in total. The highest BCUT2D eigenvalue weighted by Gasteiger charge is 1.94. The molecule has 0 aliphatic rings. The fourth-order valence-corrected chi connectivity index (χ4v) is 1.87. The van der Waals surface area contributed by atoms with Crippen molar-refractivity contribution in [2.75, 3.05) is 11.9 Å². The van der Waals surface area contributed by atoms with Gasteiger partial charge >= 0.3 is 0 Å². The van der Waals surface area contributed by atoms with E-state index >= 15 is 0 Å². The number of aromatic nitrogens is 2. The Balaban J connectivity index is 1.79. The fourth-order valence-electron chi connectivity index (χ4n) is 1.16. The topological polar surface area (TPSA) is 37.8 Å². The van der Waals surface area contributed by atoms with Crippen molar-refractivity contribution in [3.05, 3.63) is 41.0 Å². The van der Waals surface area contributed by atoms with E-state index in [4.69, 9.17) is 0 Å². The summed E-state index contributed by atoms with van der Waals surface area (Å²) in [4.78, 5) is 9.33. The molecule has 0 saturated carbocycles. The minimum absolute atomic E-state index is 0.886. The average Bonchev–Trinajstić information content (AvgIpc) is 2.72. The van der Waals surface area contributed by atoms with Crippen molar-refractivity contribution < 1.29 is 0 Å². The van der Waals surface area contributed by atoms with Crippen molar-refractivity contribution in [1.82, 2.24) is 9.97 Å². The zero-order valence-electron chi connectivity index (χ0n) is 7.68. The van der Waals surface area contributed by atoms with Crippen molar-refractivity contribution in [3.8, 4) is 0 Å². The van der Waals surface area contributed by atoms with Gasteiger partial charge in [0.1, 0.15) is 12.1 Å². The van der Waals surface area contributed by atoms with Crippen molar-refractivity contribution >= 4 is 17.2 Å². The predicted octanol–water partition coefficient (Wildman–Crippen LogP) is 2.19. The zero-order chi connectivity index (χ0) is 9.64. The smallest absolute Gasteiger partial charge is 0.129 e. The summed E-state index contributed by atoms with van der Waals surface area (Å²) in [6.07, 6.45) is 4.33. The number of anilines is 1. The molecule has 4 heteroatoms. The van der Waals surface area contributed by atoms with E-state index in [0.717, 1.165) is 18.8 Å². The maximum Gasteiger partial charge on any atom is 0.129 e. The monoisotopic (exact) mass is 205 g/mol. The number of rotatable bonds is 4. The molecule has 0 unspecified atom stereocenters. The van der Waals surface area contributed by atoms with E-state index in [-0.39, 0.29) is 0 Å². The Bertz CT molecular complexity index is 358. The highest BCUT2D eigenvalue weighted by atomic mass is 32.1. The van der Waals surface area contributed by atoms with E-state index in [9.17, 15) is 0 Å². The second-order valence-corrected chi connectivity index (χ2v) is 3.88.